The summed E-state index contributed by atoms with van der Waals surface area (Å²) in [5, 5.41) is 30.9. The molecule has 0 aromatic carbocycles. The third kappa shape index (κ3) is 34.4. The lowest BCUT2D eigenvalue weighted by molar-refractivity contribution is -0.297. The van der Waals surface area contributed by atoms with Crippen molar-refractivity contribution >= 4 is 22.1 Å². The van der Waals surface area contributed by atoms with Gasteiger partial charge in [0.25, 0.3) is 10.1 Å². The highest BCUT2D eigenvalue weighted by Gasteiger charge is 2.46. The molecule has 1 rings (SSSR count). The third-order valence-corrected chi connectivity index (χ3v) is 11.6. The van der Waals surface area contributed by atoms with Crippen LogP contribution in [0.25, 0.3) is 0 Å². The number of aliphatic hydroxyl groups excluding tert-OH is 3. The number of carbonyl (C=O) groups is 2. The number of unbranched alkanes of at least 4 members (excludes halogenated alkanes) is 18. The Labute approximate surface area is 381 Å². The normalized spacial score (nSPS) is 20.3. The fourth-order valence-electron chi connectivity index (χ4n) is 7.12. The molecule has 0 saturated carbocycles. The maximum absolute atomic E-state index is 12.8. The van der Waals surface area contributed by atoms with Crippen LogP contribution in [0.3, 0.4) is 0 Å². The first-order valence-electron chi connectivity index (χ1n) is 24.3. The van der Waals surface area contributed by atoms with Crippen LogP contribution < -0.4 is 0 Å². The average molecular weight is 911 g/mol. The Kier molecular flexibility index (Phi) is 36.8. The maximum atomic E-state index is 12.8. The lowest BCUT2D eigenvalue weighted by Crippen LogP contribution is -2.60. The first kappa shape index (κ1) is 58.4. The van der Waals surface area contributed by atoms with Crippen molar-refractivity contribution in [2.45, 2.75) is 224 Å². The van der Waals surface area contributed by atoms with E-state index in [1.165, 1.54) is 89.9 Å². The Morgan fingerprint density at radius 1 is 0.556 bits per heavy atom. The summed E-state index contributed by atoms with van der Waals surface area (Å²) >= 11 is 0. The number of carbonyl (C=O) groups excluding carboxylic acids is 2. The van der Waals surface area contributed by atoms with E-state index in [1.54, 1.807) is 0 Å². The van der Waals surface area contributed by atoms with Gasteiger partial charge >= 0.3 is 11.9 Å². The van der Waals surface area contributed by atoms with Crippen LogP contribution in [0.2, 0.25) is 0 Å². The van der Waals surface area contributed by atoms with Gasteiger partial charge in [0.2, 0.25) is 0 Å². The van der Waals surface area contributed by atoms with Gasteiger partial charge < -0.3 is 34.3 Å². The standard InChI is InChI=1S/C50H86O12S/c1-3-5-7-9-11-13-15-17-19-21-23-24-26-28-30-32-34-36-38-45(51)59-40-43(41-60-50-49(55)48(54)47(53)44(62-50)42-63(56,57)58)61-46(52)39-37-35-33-31-29-27-25-22-20-18-16-14-12-10-8-6-4-2/h6,8,12,14,18,20,25,27,31,33,43-44,47-50,53-55H,3-5,7,9-11,13,15-17,19,21-24,26,28-30,32,34-42H2,1-2H3,(H,56,57,58)/b8-6-,14-12-,20-18-,27-25-,33-31-. The van der Waals surface area contributed by atoms with Crippen LogP contribution in [0.15, 0.2) is 60.8 Å². The summed E-state index contributed by atoms with van der Waals surface area (Å²) in [5.74, 6) is -2.06. The van der Waals surface area contributed by atoms with E-state index in [1.807, 2.05) is 12.2 Å². The van der Waals surface area contributed by atoms with Crippen molar-refractivity contribution < 1.29 is 56.8 Å². The summed E-state index contributed by atoms with van der Waals surface area (Å²) in [5.41, 5.74) is 0. The molecule has 6 unspecified atom stereocenters. The molecule has 0 aromatic rings. The lowest BCUT2D eigenvalue weighted by Gasteiger charge is -2.40. The first-order valence-corrected chi connectivity index (χ1v) is 26.0. The molecule has 1 heterocycles. The van der Waals surface area contributed by atoms with Crippen molar-refractivity contribution in [3.8, 4) is 0 Å². The monoisotopic (exact) mass is 911 g/mol. The fourth-order valence-corrected chi connectivity index (χ4v) is 7.82. The summed E-state index contributed by atoms with van der Waals surface area (Å²) in [6.07, 6.45) is 39.8. The fraction of sp³-hybridized carbons (Fsp3) is 0.760. The van der Waals surface area contributed by atoms with Crippen LogP contribution >= 0.6 is 0 Å². The van der Waals surface area contributed by atoms with Crippen LogP contribution in [-0.2, 0) is 38.7 Å². The van der Waals surface area contributed by atoms with Crippen molar-refractivity contribution in [1.29, 1.82) is 0 Å². The lowest BCUT2D eigenvalue weighted by atomic mass is 10.00. The van der Waals surface area contributed by atoms with Crippen molar-refractivity contribution in [3.05, 3.63) is 60.8 Å². The van der Waals surface area contributed by atoms with Gasteiger partial charge in [-0.1, -0.05) is 184 Å². The number of esters is 2. The van der Waals surface area contributed by atoms with Gasteiger partial charge in [0.15, 0.2) is 12.4 Å². The largest absolute Gasteiger partial charge is 0.462 e. The predicted molar refractivity (Wildman–Crippen MR) is 252 cm³/mol. The molecule has 1 aliphatic heterocycles. The number of allylic oxidation sites excluding steroid dienone is 10. The smallest absolute Gasteiger partial charge is 0.306 e. The zero-order valence-electron chi connectivity index (χ0n) is 38.9. The van der Waals surface area contributed by atoms with Crippen LogP contribution in [0.4, 0.5) is 0 Å². The average Bonchev–Trinajstić information content (AvgIpc) is 3.25. The molecule has 13 heteroatoms. The minimum atomic E-state index is -4.61. The van der Waals surface area contributed by atoms with E-state index < -0.39 is 71.2 Å². The number of hydrogen-bond acceptors (Lipinski definition) is 11. The molecule has 0 radical (unpaired) electrons. The summed E-state index contributed by atoms with van der Waals surface area (Å²) in [4.78, 5) is 25.5. The van der Waals surface area contributed by atoms with Gasteiger partial charge in [-0.05, 0) is 51.4 Å². The molecule has 0 spiro atoms. The summed E-state index contributed by atoms with van der Waals surface area (Å²) in [6.45, 7) is 3.61. The molecule has 0 bridgehead atoms. The topological polar surface area (TPSA) is 186 Å². The molecule has 1 saturated heterocycles. The van der Waals surface area contributed by atoms with Crippen LogP contribution in [0, 0.1) is 0 Å². The Hall–Kier alpha value is -2.65. The van der Waals surface area contributed by atoms with E-state index in [9.17, 15) is 37.9 Å². The van der Waals surface area contributed by atoms with E-state index in [4.69, 9.17) is 18.9 Å². The zero-order valence-corrected chi connectivity index (χ0v) is 39.7. The Morgan fingerprint density at radius 3 is 1.48 bits per heavy atom. The second-order valence-corrected chi connectivity index (χ2v) is 18.2. The summed E-state index contributed by atoms with van der Waals surface area (Å²) in [7, 11) is -4.61. The van der Waals surface area contributed by atoms with Crippen LogP contribution in [0.1, 0.15) is 187 Å². The zero-order chi connectivity index (χ0) is 46.2. The maximum Gasteiger partial charge on any atom is 0.306 e. The molecule has 6 atom stereocenters. The van der Waals surface area contributed by atoms with Crippen molar-refractivity contribution in [2.24, 2.45) is 0 Å². The molecular formula is C50H86O12S. The Balaban J connectivity index is 2.44. The molecule has 364 valence electrons. The third-order valence-electron chi connectivity index (χ3n) is 10.9. The molecule has 0 amide bonds. The Bertz CT molecular complexity index is 1390. The van der Waals surface area contributed by atoms with Gasteiger partial charge in [0, 0.05) is 12.8 Å². The van der Waals surface area contributed by atoms with Gasteiger partial charge in [0.1, 0.15) is 36.8 Å². The molecule has 1 aliphatic rings. The van der Waals surface area contributed by atoms with E-state index in [-0.39, 0.29) is 19.4 Å². The summed E-state index contributed by atoms with van der Waals surface area (Å²) in [6, 6.07) is 0. The second-order valence-electron chi connectivity index (χ2n) is 16.8. The molecule has 0 aromatic heterocycles. The van der Waals surface area contributed by atoms with Gasteiger partial charge in [-0.15, -0.1) is 0 Å². The predicted octanol–water partition coefficient (Wildman–Crippen LogP) is 10.5. The van der Waals surface area contributed by atoms with Crippen LogP contribution in [0.5, 0.6) is 0 Å². The van der Waals surface area contributed by atoms with Gasteiger partial charge in [-0.3, -0.25) is 14.1 Å². The molecule has 4 N–H and O–H groups in total. The molecular weight excluding hydrogens is 825 g/mol. The minimum Gasteiger partial charge on any atom is -0.462 e. The molecule has 63 heavy (non-hydrogen) atoms. The Morgan fingerprint density at radius 2 is 1.00 bits per heavy atom. The summed E-state index contributed by atoms with van der Waals surface area (Å²) < 4.78 is 54.1. The van der Waals surface area contributed by atoms with Gasteiger partial charge in [0.05, 0.1) is 6.61 Å². The molecule has 1 fully saturated rings. The quantitative estimate of drug-likeness (QED) is 0.0198. The SMILES string of the molecule is CC/C=C\C/C=C\C/C=C\C/C=C\C/C=C\CCCC(=O)OC(COC(=O)CCCCCCCCCCCCCCCCCCCC)COC1OC(CS(=O)(=O)O)C(O)C(O)C1O. The van der Waals surface area contributed by atoms with Gasteiger partial charge in [-0.2, -0.15) is 8.42 Å². The first-order chi connectivity index (χ1) is 30.5. The van der Waals surface area contributed by atoms with Crippen molar-refractivity contribution in [2.75, 3.05) is 19.0 Å². The van der Waals surface area contributed by atoms with Crippen molar-refractivity contribution in [3.63, 3.8) is 0 Å². The van der Waals surface area contributed by atoms with Crippen LogP contribution in [-0.4, -0.2) is 96.0 Å². The van der Waals surface area contributed by atoms with E-state index >= 15 is 0 Å². The highest BCUT2D eigenvalue weighted by molar-refractivity contribution is 7.85. The number of hydrogen-bond donors (Lipinski definition) is 4. The highest BCUT2D eigenvalue weighted by atomic mass is 32.2. The van der Waals surface area contributed by atoms with Gasteiger partial charge in [-0.25, -0.2) is 0 Å². The van der Waals surface area contributed by atoms with E-state index in [0.29, 0.717) is 19.3 Å². The molecule has 0 aliphatic carbocycles. The number of aliphatic hydroxyl groups is 3. The molecule has 12 nitrogen and oxygen atoms in total. The van der Waals surface area contributed by atoms with E-state index in [0.717, 1.165) is 51.4 Å². The highest BCUT2D eigenvalue weighted by Crippen LogP contribution is 2.24. The van der Waals surface area contributed by atoms with Crippen molar-refractivity contribution in [1.82, 2.24) is 0 Å². The minimum absolute atomic E-state index is 0.0853. The second kappa shape index (κ2) is 39.7. The van der Waals surface area contributed by atoms with E-state index in [2.05, 4.69) is 62.5 Å². The number of rotatable bonds is 40. The number of ether oxygens (including phenoxy) is 4.